The van der Waals surface area contributed by atoms with Crippen molar-refractivity contribution in [3.05, 3.63) is 11.8 Å². The number of anilines is 1. The van der Waals surface area contributed by atoms with Gasteiger partial charge in [-0.1, -0.05) is 6.92 Å². The first-order chi connectivity index (χ1) is 6.92. The van der Waals surface area contributed by atoms with Crippen molar-refractivity contribution >= 4 is 11.7 Å². The number of nitrogens with one attached hydrogen (secondary N) is 2. The van der Waals surface area contributed by atoms with Crippen LogP contribution in [0.4, 0.5) is 19.0 Å². The molecule has 0 spiro atoms. The summed E-state index contributed by atoms with van der Waals surface area (Å²) in [6.45, 7) is 1.81. The fourth-order valence-corrected chi connectivity index (χ4v) is 1.05. The Hall–Kier alpha value is -1.53. The number of carbonyl (C=O) groups excluding carboxylic acids is 1. The molecule has 0 radical (unpaired) electrons. The van der Waals surface area contributed by atoms with Crippen LogP contribution in [0.3, 0.4) is 0 Å². The van der Waals surface area contributed by atoms with Gasteiger partial charge in [0, 0.05) is 5.56 Å². The monoisotopic (exact) mass is 221 g/mol. The molecule has 0 aliphatic heterocycles. The summed E-state index contributed by atoms with van der Waals surface area (Å²) in [7, 11) is 0. The standard InChI is InChI=1S/C8H10F3N3O/c1-2-5-4-12-14-7(5)13-6(15)3-8(9,10)11/h4H,2-3H2,1H3,(H2,12,13,14,15). The van der Waals surface area contributed by atoms with Crippen molar-refractivity contribution in [1.82, 2.24) is 10.2 Å². The van der Waals surface area contributed by atoms with Crippen molar-refractivity contribution in [2.45, 2.75) is 25.9 Å². The normalized spacial score (nSPS) is 11.5. The van der Waals surface area contributed by atoms with Gasteiger partial charge in [-0.3, -0.25) is 9.89 Å². The smallest absolute Gasteiger partial charge is 0.311 e. The molecule has 1 rings (SSSR count). The molecule has 0 aliphatic carbocycles. The van der Waals surface area contributed by atoms with Gasteiger partial charge in [0.2, 0.25) is 5.91 Å². The summed E-state index contributed by atoms with van der Waals surface area (Å²) in [4.78, 5) is 10.9. The molecule has 7 heteroatoms. The van der Waals surface area contributed by atoms with Gasteiger partial charge in [0.15, 0.2) is 0 Å². The predicted molar refractivity (Wildman–Crippen MR) is 47.3 cm³/mol. The Morgan fingerprint density at radius 2 is 2.27 bits per heavy atom. The molecular formula is C8H10F3N3O. The van der Waals surface area contributed by atoms with E-state index in [0.717, 1.165) is 0 Å². The van der Waals surface area contributed by atoms with Crippen LogP contribution < -0.4 is 5.32 Å². The first kappa shape index (κ1) is 11.5. The molecule has 4 nitrogen and oxygen atoms in total. The lowest BCUT2D eigenvalue weighted by atomic mass is 10.2. The summed E-state index contributed by atoms with van der Waals surface area (Å²) in [5, 5.41) is 8.17. The van der Waals surface area contributed by atoms with Crippen molar-refractivity contribution in [1.29, 1.82) is 0 Å². The largest absolute Gasteiger partial charge is 0.397 e. The van der Waals surface area contributed by atoms with Gasteiger partial charge in [0.05, 0.1) is 6.20 Å². The molecule has 0 aromatic carbocycles. The van der Waals surface area contributed by atoms with Crippen LogP contribution in [0.25, 0.3) is 0 Å². The zero-order valence-corrected chi connectivity index (χ0v) is 7.98. The molecule has 0 bridgehead atoms. The number of hydrogen-bond donors (Lipinski definition) is 2. The van der Waals surface area contributed by atoms with E-state index in [0.29, 0.717) is 12.0 Å². The first-order valence-corrected chi connectivity index (χ1v) is 4.31. The van der Waals surface area contributed by atoms with Crippen molar-refractivity contribution in [3.8, 4) is 0 Å². The summed E-state index contributed by atoms with van der Waals surface area (Å²) < 4.78 is 35.5. The van der Waals surface area contributed by atoms with Gasteiger partial charge in [-0.25, -0.2) is 0 Å². The number of aromatic amines is 1. The SMILES string of the molecule is CCc1cn[nH]c1NC(=O)CC(F)(F)F. The van der Waals surface area contributed by atoms with E-state index >= 15 is 0 Å². The van der Waals surface area contributed by atoms with Gasteiger partial charge in [-0.2, -0.15) is 18.3 Å². The molecule has 0 saturated carbocycles. The first-order valence-electron chi connectivity index (χ1n) is 4.31. The third-order valence-corrected chi connectivity index (χ3v) is 1.72. The molecular weight excluding hydrogens is 211 g/mol. The number of halogens is 3. The summed E-state index contributed by atoms with van der Waals surface area (Å²) in [5.74, 6) is -0.867. The van der Waals surface area contributed by atoms with Gasteiger partial charge in [-0.15, -0.1) is 0 Å². The van der Waals surface area contributed by atoms with Crippen LogP contribution in [-0.4, -0.2) is 22.3 Å². The van der Waals surface area contributed by atoms with Crippen LogP contribution in [0.15, 0.2) is 6.20 Å². The Morgan fingerprint density at radius 3 is 2.80 bits per heavy atom. The van der Waals surface area contributed by atoms with E-state index in [2.05, 4.69) is 15.5 Å². The third kappa shape index (κ3) is 3.61. The summed E-state index contributed by atoms with van der Waals surface area (Å²) in [5.41, 5.74) is 0.672. The van der Waals surface area contributed by atoms with Crippen molar-refractivity contribution in [2.75, 3.05) is 5.32 Å². The van der Waals surface area contributed by atoms with Gasteiger partial charge >= 0.3 is 6.18 Å². The molecule has 0 saturated heterocycles. The maximum Gasteiger partial charge on any atom is 0.397 e. The number of carbonyl (C=O) groups is 1. The molecule has 1 aromatic heterocycles. The highest BCUT2D eigenvalue weighted by molar-refractivity contribution is 5.90. The topological polar surface area (TPSA) is 57.8 Å². The highest BCUT2D eigenvalue weighted by Gasteiger charge is 2.31. The van der Waals surface area contributed by atoms with Crippen molar-refractivity contribution < 1.29 is 18.0 Å². The Morgan fingerprint density at radius 1 is 1.60 bits per heavy atom. The number of H-pyrrole nitrogens is 1. The van der Waals surface area contributed by atoms with E-state index in [-0.39, 0.29) is 5.82 Å². The van der Waals surface area contributed by atoms with E-state index in [1.165, 1.54) is 6.20 Å². The number of nitrogens with zero attached hydrogens (tertiary/aromatic N) is 1. The number of alkyl halides is 3. The minimum Gasteiger partial charge on any atom is -0.311 e. The van der Waals surface area contributed by atoms with Crippen LogP contribution in [0.1, 0.15) is 18.9 Å². The molecule has 0 unspecified atom stereocenters. The van der Waals surface area contributed by atoms with Crippen LogP contribution in [0.2, 0.25) is 0 Å². The van der Waals surface area contributed by atoms with Gasteiger partial charge in [0.1, 0.15) is 12.2 Å². The van der Waals surface area contributed by atoms with Crippen LogP contribution in [0, 0.1) is 0 Å². The number of hydrogen-bond acceptors (Lipinski definition) is 2. The number of rotatable bonds is 3. The lowest BCUT2D eigenvalue weighted by molar-refractivity contribution is -0.150. The minimum absolute atomic E-state index is 0.228. The van der Waals surface area contributed by atoms with Gasteiger partial charge in [0.25, 0.3) is 0 Å². The maximum atomic E-state index is 11.8. The van der Waals surface area contributed by atoms with Crippen LogP contribution in [0.5, 0.6) is 0 Å². The Kier molecular flexibility index (Phi) is 3.33. The lowest BCUT2D eigenvalue weighted by Gasteiger charge is -2.06. The molecule has 1 aromatic rings. The number of amides is 1. The fourth-order valence-electron chi connectivity index (χ4n) is 1.05. The van der Waals surface area contributed by atoms with E-state index in [1.54, 1.807) is 0 Å². The Bertz CT molecular complexity index is 345. The van der Waals surface area contributed by atoms with Crippen molar-refractivity contribution in [3.63, 3.8) is 0 Å². The quantitative estimate of drug-likeness (QED) is 0.818. The zero-order valence-electron chi connectivity index (χ0n) is 7.98. The lowest BCUT2D eigenvalue weighted by Crippen LogP contribution is -2.21. The minimum atomic E-state index is -4.49. The van der Waals surface area contributed by atoms with E-state index in [4.69, 9.17) is 0 Å². The Balaban J connectivity index is 2.59. The summed E-state index contributed by atoms with van der Waals surface area (Å²) >= 11 is 0. The number of aromatic nitrogens is 2. The zero-order chi connectivity index (χ0) is 11.5. The van der Waals surface area contributed by atoms with Crippen molar-refractivity contribution in [2.24, 2.45) is 0 Å². The third-order valence-electron chi connectivity index (χ3n) is 1.72. The molecule has 0 aliphatic rings. The molecule has 1 heterocycles. The summed E-state index contributed by atoms with van der Waals surface area (Å²) in [6, 6.07) is 0. The fraction of sp³-hybridized carbons (Fsp3) is 0.500. The second-order valence-corrected chi connectivity index (χ2v) is 2.96. The van der Waals surface area contributed by atoms with E-state index in [1.807, 2.05) is 6.92 Å². The second kappa shape index (κ2) is 4.33. The predicted octanol–water partition coefficient (Wildman–Crippen LogP) is 1.86. The van der Waals surface area contributed by atoms with Crippen LogP contribution >= 0.6 is 0 Å². The maximum absolute atomic E-state index is 11.8. The molecule has 15 heavy (non-hydrogen) atoms. The Labute approximate surface area is 83.9 Å². The van der Waals surface area contributed by atoms with E-state index < -0.39 is 18.5 Å². The molecule has 84 valence electrons. The van der Waals surface area contributed by atoms with Gasteiger partial charge in [-0.05, 0) is 6.42 Å². The highest BCUT2D eigenvalue weighted by atomic mass is 19.4. The van der Waals surface area contributed by atoms with Crippen LogP contribution in [-0.2, 0) is 11.2 Å². The van der Waals surface area contributed by atoms with Gasteiger partial charge < -0.3 is 5.32 Å². The molecule has 1 amide bonds. The molecule has 2 N–H and O–H groups in total. The highest BCUT2D eigenvalue weighted by Crippen LogP contribution is 2.20. The average molecular weight is 221 g/mol. The number of aryl methyl sites for hydroxylation is 1. The second-order valence-electron chi connectivity index (χ2n) is 2.96. The summed E-state index contributed by atoms with van der Waals surface area (Å²) in [6.07, 6.45) is -3.94. The molecule has 0 fully saturated rings. The van der Waals surface area contributed by atoms with E-state index in [9.17, 15) is 18.0 Å². The molecule has 0 atom stereocenters. The average Bonchev–Trinajstić information content (AvgIpc) is 2.48.